The van der Waals surface area contributed by atoms with Crippen LogP contribution in [0.4, 0.5) is 11.4 Å². The smallest absolute Gasteiger partial charge is 0.293 e. The van der Waals surface area contributed by atoms with E-state index in [-0.39, 0.29) is 23.0 Å². The van der Waals surface area contributed by atoms with E-state index in [9.17, 15) is 23.3 Å². The highest BCUT2D eigenvalue weighted by Gasteiger charge is 2.31. The third kappa shape index (κ3) is 6.30. The summed E-state index contributed by atoms with van der Waals surface area (Å²) in [6.45, 7) is 3.07. The van der Waals surface area contributed by atoms with E-state index >= 15 is 0 Å². The monoisotopic (exact) mass is 606 g/mol. The number of carbonyl (C=O) groups is 1. The van der Waals surface area contributed by atoms with E-state index in [2.05, 4.69) is 20.2 Å². The standard InChI is InChI=1S/C29H30N6O7S/c36-29(24-3-1-2-4-27(24)42-22-15-19-7-11-30-28(19)31-17-22)33-43(39,40)23-5-6-25(26(16-23)35(37)38)32-20-8-12-34(18-20)21-9-13-41-14-10-21/h1-7,11,15-17,20-21,32H,8-10,12-14,18H2,(H,30,31)(H,33,36)/t20-/m0/s1. The number of hydrogen-bond donors (Lipinski definition) is 3. The summed E-state index contributed by atoms with van der Waals surface area (Å²) in [4.78, 5) is 33.7. The summed E-state index contributed by atoms with van der Waals surface area (Å²) >= 11 is 0. The van der Waals surface area contributed by atoms with Crippen LogP contribution in [0.15, 0.2) is 71.9 Å². The summed E-state index contributed by atoms with van der Waals surface area (Å²) < 4.78 is 39.7. The second kappa shape index (κ2) is 12.0. The molecule has 13 nitrogen and oxygen atoms in total. The highest BCUT2D eigenvalue weighted by Crippen LogP contribution is 2.31. The predicted octanol–water partition coefficient (Wildman–Crippen LogP) is 4.05. The predicted molar refractivity (Wildman–Crippen MR) is 158 cm³/mol. The number of carbonyl (C=O) groups excluding carboxylic acids is 1. The van der Waals surface area contributed by atoms with Crippen LogP contribution < -0.4 is 14.8 Å². The van der Waals surface area contributed by atoms with E-state index in [0.29, 0.717) is 17.4 Å². The molecule has 4 aromatic rings. The lowest BCUT2D eigenvalue weighted by Crippen LogP contribution is -2.39. The molecule has 3 N–H and O–H groups in total. The van der Waals surface area contributed by atoms with Gasteiger partial charge in [-0.1, -0.05) is 12.1 Å². The second-order valence-corrected chi connectivity index (χ2v) is 12.2. The van der Waals surface area contributed by atoms with Crippen LogP contribution in [-0.4, -0.2) is 72.5 Å². The molecule has 4 heterocycles. The van der Waals surface area contributed by atoms with Gasteiger partial charge in [0.25, 0.3) is 21.6 Å². The van der Waals surface area contributed by atoms with Gasteiger partial charge in [-0.15, -0.1) is 0 Å². The van der Waals surface area contributed by atoms with Gasteiger partial charge in [-0.3, -0.25) is 19.8 Å². The number of ether oxygens (including phenoxy) is 2. The van der Waals surface area contributed by atoms with Gasteiger partial charge in [-0.05, 0) is 55.7 Å². The third-order valence-corrected chi connectivity index (χ3v) is 9.05. The van der Waals surface area contributed by atoms with Gasteiger partial charge in [0.05, 0.1) is 21.6 Å². The number of fused-ring (bicyclic) bond motifs is 1. The fourth-order valence-corrected chi connectivity index (χ4v) is 6.53. The minimum atomic E-state index is -4.47. The van der Waals surface area contributed by atoms with Gasteiger partial charge in [0.1, 0.15) is 22.8 Å². The molecular weight excluding hydrogens is 576 g/mol. The number of rotatable bonds is 9. The maximum atomic E-state index is 13.2. The Morgan fingerprint density at radius 2 is 1.93 bits per heavy atom. The zero-order valence-corrected chi connectivity index (χ0v) is 23.9. The molecule has 2 aromatic heterocycles. The van der Waals surface area contributed by atoms with Gasteiger partial charge in [-0.25, -0.2) is 18.1 Å². The Balaban J connectivity index is 1.16. The molecule has 2 saturated heterocycles. The Hall–Kier alpha value is -4.53. The van der Waals surface area contributed by atoms with Gasteiger partial charge in [0.15, 0.2) is 0 Å². The molecule has 0 aliphatic carbocycles. The molecule has 0 radical (unpaired) electrons. The Kier molecular flexibility index (Phi) is 7.97. The van der Waals surface area contributed by atoms with E-state index in [1.807, 2.05) is 10.8 Å². The first-order valence-corrected chi connectivity index (χ1v) is 15.4. The minimum Gasteiger partial charge on any atom is -0.455 e. The van der Waals surface area contributed by atoms with Gasteiger partial charge >= 0.3 is 0 Å². The highest BCUT2D eigenvalue weighted by molar-refractivity contribution is 7.90. The molecule has 2 aliphatic rings. The zero-order chi connectivity index (χ0) is 30.0. The van der Waals surface area contributed by atoms with Crippen molar-refractivity contribution in [3.63, 3.8) is 0 Å². The number of anilines is 1. The van der Waals surface area contributed by atoms with E-state index in [1.54, 1.807) is 24.4 Å². The Labute approximate surface area is 247 Å². The van der Waals surface area contributed by atoms with Crippen LogP contribution in [0.3, 0.4) is 0 Å². The summed E-state index contributed by atoms with van der Waals surface area (Å²) in [5.74, 6) is -0.480. The molecule has 1 atom stereocenters. The van der Waals surface area contributed by atoms with Crippen LogP contribution in [-0.2, 0) is 14.8 Å². The molecule has 0 bridgehead atoms. The van der Waals surface area contributed by atoms with Crippen molar-refractivity contribution in [2.75, 3.05) is 31.6 Å². The number of nitro groups is 1. The van der Waals surface area contributed by atoms with Gasteiger partial charge in [0, 0.05) is 56.0 Å². The third-order valence-electron chi connectivity index (χ3n) is 7.72. The van der Waals surface area contributed by atoms with Gasteiger partial charge in [0.2, 0.25) is 0 Å². The van der Waals surface area contributed by atoms with Crippen molar-refractivity contribution >= 4 is 38.3 Å². The summed E-state index contributed by atoms with van der Waals surface area (Å²) in [6, 6.07) is 13.7. The molecule has 14 heteroatoms. The molecule has 2 aliphatic heterocycles. The van der Waals surface area contributed by atoms with Crippen LogP contribution in [0.2, 0.25) is 0 Å². The quantitative estimate of drug-likeness (QED) is 0.187. The molecule has 1 amide bonds. The van der Waals surface area contributed by atoms with Crippen LogP contribution in [0.25, 0.3) is 11.0 Å². The van der Waals surface area contributed by atoms with Crippen molar-refractivity contribution in [1.29, 1.82) is 0 Å². The number of pyridine rings is 1. The molecule has 0 spiro atoms. The number of H-pyrrole nitrogens is 1. The van der Waals surface area contributed by atoms with Crippen LogP contribution in [0.1, 0.15) is 29.6 Å². The number of amides is 1. The van der Waals surface area contributed by atoms with E-state index in [1.165, 1.54) is 30.5 Å². The number of aromatic amines is 1. The first kappa shape index (κ1) is 28.6. The maximum absolute atomic E-state index is 13.2. The zero-order valence-electron chi connectivity index (χ0n) is 23.1. The normalized spacial score (nSPS) is 18.0. The number of likely N-dealkylation sites (tertiary alicyclic amines) is 1. The van der Waals surface area contributed by atoms with Gasteiger partial charge in [-0.2, -0.15) is 0 Å². The maximum Gasteiger partial charge on any atom is 0.293 e. The first-order valence-electron chi connectivity index (χ1n) is 13.9. The Morgan fingerprint density at radius 1 is 1.12 bits per heavy atom. The summed E-state index contributed by atoms with van der Waals surface area (Å²) in [6.07, 6.45) is 5.94. The minimum absolute atomic E-state index is 0.0200. The topological polar surface area (TPSA) is 169 Å². The van der Waals surface area contributed by atoms with Crippen molar-refractivity contribution in [2.24, 2.45) is 0 Å². The number of hydrogen-bond acceptors (Lipinski definition) is 10. The Morgan fingerprint density at radius 3 is 2.74 bits per heavy atom. The molecule has 6 rings (SSSR count). The number of para-hydroxylation sites is 1. The molecule has 2 aromatic carbocycles. The molecule has 0 saturated carbocycles. The lowest BCUT2D eigenvalue weighted by Gasteiger charge is -2.31. The van der Waals surface area contributed by atoms with Crippen molar-refractivity contribution < 1.29 is 27.6 Å². The van der Waals surface area contributed by atoms with Crippen LogP contribution in [0, 0.1) is 10.1 Å². The fraction of sp³-hybridized carbons (Fsp3) is 0.310. The molecule has 224 valence electrons. The number of benzene rings is 2. The van der Waals surface area contributed by atoms with E-state index < -0.39 is 31.4 Å². The second-order valence-electron chi connectivity index (χ2n) is 10.5. The number of nitrogens with one attached hydrogen (secondary N) is 3. The molecule has 43 heavy (non-hydrogen) atoms. The van der Waals surface area contributed by atoms with Crippen LogP contribution >= 0.6 is 0 Å². The SMILES string of the molecule is O=C(NS(=O)(=O)c1ccc(N[C@H]2CCN(C3CCOCC3)C2)c([N+](=O)[O-])c1)c1ccccc1Oc1cnc2[nH]ccc2c1. The fourth-order valence-electron chi connectivity index (χ4n) is 5.54. The van der Waals surface area contributed by atoms with E-state index in [4.69, 9.17) is 9.47 Å². The summed E-state index contributed by atoms with van der Waals surface area (Å²) in [5, 5.41) is 16.0. The van der Waals surface area contributed by atoms with Crippen molar-refractivity contribution in [3.05, 3.63) is 82.7 Å². The van der Waals surface area contributed by atoms with Gasteiger partial charge < -0.3 is 19.8 Å². The number of aromatic nitrogens is 2. The molecule has 2 fully saturated rings. The number of nitrogens with zero attached hydrogens (tertiary/aromatic N) is 3. The highest BCUT2D eigenvalue weighted by atomic mass is 32.2. The lowest BCUT2D eigenvalue weighted by atomic mass is 10.1. The molecular formula is C29H30N6O7S. The lowest BCUT2D eigenvalue weighted by molar-refractivity contribution is -0.384. The molecule has 0 unspecified atom stereocenters. The summed E-state index contributed by atoms with van der Waals surface area (Å²) in [5.41, 5.74) is 0.459. The van der Waals surface area contributed by atoms with E-state index in [0.717, 1.165) is 57.0 Å². The average molecular weight is 607 g/mol. The van der Waals surface area contributed by atoms with Crippen molar-refractivity contribution in [1.82, 2.24) is 19.6 Å². The largest absolute Gasteiger partial charge is 0.455 e. The number of sulfonamides is 1. The Bertz CT molecular complexity index is 1770. The number of nitro benzene ring substituents is 1. The average Bonchev–Trinajstić information content (AvgIpc) is 3.67. The first-order chi connectivity index (χ1) is 20.8. The van der Waals surface area contributed by atoms with Crippen molar-refractivity contribution in [3.8, 4) is 11.5 Å². The summed E-state index contributed by atoms with van der Waals surface area (Å²) in [7, 11) is -4.47. The van der Waals surface area contributed by atoms with Crippen LogP contribution in [0.5, 0.6) is 11.5 Å². The van der Waals surface area contributed by atoms with Crippen molar-refractivity contribution in [2.45, 2.75) is 36.2 Å².